The predicted molar refractivity (Wildman–Crippen MR) is 125 cm³/mol. The number of aryl methyl sites for hydroxylation is 2. The number of H-pyrrole nitrogens is 1. The summed E-state index contributed by atoms with van der Waals surface area (Å²) in [6.07, 6.45) is 7.08. The standard InChI is InChI=1S/C25H31N5O3/c1-15-22(18-4-2-3-5-21(18)33-15)25(31)30-11-8-16(14-30)20-7-6-19-23(28-29-24(19)27-20)26-17-9-12-32-13-10-17/h6-7,16-17H,2-5,8-14H2,1H3,(H2,26,27,28,29)/t16-/m1/s1. The second-order valence-corrected chi connectivity index (χ2v) is 9.61. The number of aromatic amines is 1. The minimum atomic E-state index is 0.118. The summed E-state index contributed by atoms with van der Waals surface area (Å²) >= 11 is 0. The predicted octanol–water partition coefficient (Wildman–Crippen LogP) is 3.96. The van der Waals surface area contributed by atoms with Gasteiger partial charge in [-0.15, -0.1) is 0 Å². The van der Waals surface area contributed by atoms with Crippen LogP contribution in [0.25, 0.3) is 11.0 Å². The third kappa shape index (κ3) is 3.80. The van der Waals surface area contributed by atoms with Crippen molar-refractivity contribution < 1.29 is 13.9 Å². The monoisotopic (exact) mass is 449 g/mol. The molecule has 2 saturated heterocycles. The number of carbonyl (C=O) groups excluding carboxylic acids is 1. The van der Waals surface area contributed by atoms with E-state index in [9.17, 15) is 4.79 Å². The highest BCUT2D eigenvalue weighted by atomic mass is 16.5. The van der Waals surface area contributed by atoms with Gasteiger partial charge >= 0.3 is 0 Å². The van der Waals surface area contributed by atoms with Gasteiger partial charge in [0.25, 0.3) is 5.91 Å². The summed E-state index contributed by atoms with van der Waals surface area (Å²) < 4.78 is 11.4. The van der Waals surface area contributed by atoms with Crippen LogP contribution in [0.3, 0.4) is 0 Å². The number of hydrogen-bond acceptors (Lipinski definition) is 6. The van der Waals surface area contributed by atoms with Crippen molar-refractivity contribution in [2.45, 2.75) is 63.8 Å². The molecule has 3 aliphatic rings. The van der Waals surface area contributed by atoms with E-state index < -0.39 is 0 Å². The van der Waals surface area contributed by atoms with Gasteiger partial charge in [-0.1, -0.05) is 0 Å². The Hall–Kier alpha value is -2.87. The average Bonchev–Trinajstić information content (AvgIpc) is 3.56. The topological polar surface area (TPSA) is 96.3 Å². The van der Waals surface area contributed by atoms with Gasteiger partial charge in [0, 0.05) is 55.9 Å². The van der Waals surface area contributed by atoms with Gasteiger partial charge in [-0.25, -0.2) is 4.98 Å². The fraction of sp³-hybridized carbons (Fsp3) is 0.560. The van der Waals surface area contributed by atoms with Crippen molar-refractivity contribution in [3.63, 3.8) is 0 Å². The van der Waals surface area contributed by atoms with Crippen LogP contribution in [-0.4, -0.2) is 58.3 Å². The number of ether oxygens (including phenoxy) is 1. The molecule has 0 bridgehead atoms. The van der Waals surface area contributed by atoms with Gasteiger partial charge in [-0.2, -0.15) is 5.10 Å². The van der Waals surface area contributed by atoms with E-state index in [2.05, 4.69) is 27.6 Å². The van der Waals surface area contributed by atoms with Gasteiger partial charge in [0.2, 0.25) is 0 Å². The molecule has 3 aromatic rings. The van der Waals surface area contributed by atoms with E-state index in [0.29, 0.717) is 12.6 Å². The highest BCUT2D eigenvalue weighted by Gasteiger charge is 2.33. The van der Waals surface area contributed by atoms with Gasteiger partial charge in [0.05, 0.1) is 10.9 Å². The van der Waals surface area contributed by atoms with Crippen LogP contribution in [0.4, 0.5) is 5.82 Å². The summed E-state index contributed by atoms with van der Waals surface area (Å²) in [6.45, 7) is 4.96. The zero-order chi connectivity index (χ0) is 22.4. The molecule has 1 amide bonds. The fourth-order valence-corrected chi connectivity index (χ4v) is 5.62. The number of pyridine rings is 1. The minimum Gasteiger partial charge on any atom is -0.465 e. The highest BCUT2D eigenvalue weighted by molar-refractivity contribution is 5.97. The molecule has 0 unspecified atom stereocenters. The van der Waals surface area contributed by atoms with E-state index in [1.807, 2.05) is 11.8 Å². The molecule has 1 atom stereocenters. The van der Waals surface area contributed by atoms with E-state index >= 15 is 0 Å². The Labute approximate surface area is 193 Å². The lowest BCUT2D eigenvalue weighted by molar-refractivity contribution is 0.0788. The van der Waals surface area contributed by atoms with E-state index in [4.69, 9.17) is 14.1 Å². The van der Waals surface area contributed by atoms with Crippen molar-refractivity contribution in [3.8, 4) is 0 Å². The molecule has 0 aromatic carbocycles. The molecule has 1 aliphatic carbocycles. The van der Waals surface area contributed by atoms with Crippen LogP contribution in [0.5, 0.6) is 0 Å². The molecule has 0 spiro atoms. The second-order valence-electron chi connectivity index (χ2n) is 9.61. The third-order valence-electron chi connectivity index (χ3n) is 7.46. The zero-order valence-corrected chi connectivity index (χ0v) is 19.2. The molecule has 5 heterocycles. The first-order chi connectivity index (χ1) is 16.2. The molecule has 2 N–H and O–H groups in total. The summed E-state index contributed by atoms with van der Waals surface area (Å²) in [7, 11) is 0. The number of nitrogens with one attached hydrogen (secondary N) is 2. The van der Waals surface area contributed by atoms with Crippen LogP contribution in [0.1, 0.15) is 71.2 Å². The van der Waals surface area contributed by atoms with Gasteiger partial charge < -0.3 is 19.4 Å². The van der Waals surface area contributed by atoms with Crippen molar-refractivity contribution in [3.05, 3.63) is 40.5 Å². The number of nitrogens with zero attached hydrogens (tertiary/aromatic N) is 3. The van der Waals surface area contributed by atoms with Gasteiger partial charge in [0.1, 0.15) is 11.5 Å². The van der Waals surface area contributed by atoms with E-state index in [1.165, 1.54) is 0 Å². The second kappa shape index (κ2) is 8.48. The Kier molecular flexibility index (Phi) is 5.32. The van der Waals surface area contributed by atoms with Crippen LogP contribution in [-0.2, 0) is 17.6 Å². The van der Waals surface area contributed by atoms with Crippen LogP contribution >= 0.6 is 0 Å². The first-order valence-electron chi connectivity index (χ1n) is 12.3. The van der Waals surface area contributed by atoms with Crippen molar-refractivity contribution in [2.75, 3.05) is 31.6 Å². The number of fused-ring (bicyclic) bond motifs is 2. The smallest absolute Gasteiger partial charge is 0.257 e. The van der Waals surface area contributed by atoms with Crippen molar-refractivity contribution in [2.24, 2.45) is 0 Å². The van der Waals surface area contributed by atoms with Gasteiger partial charge in [-0.3, -0.25) is 9.89 Å². The average molecular weight is 450 g/mol. The number of amides is 1. The van der Waals surface area contributed by atoms with Crippen LogP contribution in [0.15, 0.2) is 16.5 Å². The lowest BCUT2D eigenvalue weighted by Crippen LogP contribution is -2.29. The summed E-state index contributed by atoms with van der Waals surface area (Å²) in [5.41, 5.74) is 3.77. The molecule has 8 heteroatoms. The largest absolute Gasteiger partial charge is 0.465 e. The third-order valence-corrected chi connectivity index (χ3v) is 7.46. The molecule has 0 saturated carbocycles. The number of hydrogen-bond donors (Lipinski definition) is 2. The number of anilines is 1. The van der Waals surface area contributed by atoms with Crippen molar-refractivity contribution in [1.82, 2.24) is 20.1 Å². The molecule has 8 nitrogen and oxygen atoms in total. The van der Waals surface area contributed by atoms with Crippen molar-refractivity contribution in [1.29, 1.82) is 0 Å². The molecule has 2 aliphatic heterocycles. The molecule has 6 rings (SSSR count). The zero-order valence-electron chi connectivity index (χ0n) is 19.2. The van der Waals surface area contributed by atoms with Gasteiger partial charge in [0.15, 0.2) is 11.5 Å². The highest BCUT2D eigenvalue weighted by Crippen LogP contribution is 2.34. The Morgan fingerprint density at radius 2 is 2.03 bits per heavy atom. The van der Waals surface area contributed by atoms with Crippen LogP contribution in [0.2, 0.25) is 0 Å². The molecular formula is C25H31N5O3. The fourth-order valence-electron chi connectivity index (χ4n) is 5.62. The normalized spacial score (nSPS) is 21.5. The number of carbonyl (C=O) groups is 1. The SMILES string of the molecule is Cc1oc2c(c1C(=O)N1CC[C@@H](c3ccc4c(NC5CCOCC5)n[nH]c4n3)C1)CCCC2. The molecule has 33 heavy (non-hydrogen) atoms. The first kappa shape index (κ1) is 20.7. The van der Waals surface area contributed by atoms with E-state index in [1.54, 1.807) is 0 Å². The van der Waals surface area contributed by atoms with E-state index in [-0.39, 0.29) is 11.8 Å². The lowest BCUT2D eigenvalue weighted by atomic mass is 9.94. The summed E-state index contributed by atoms with van der Waals surface area (Å²) in [6, 6.07) is 4.58. The summed E-state index contributed by atoms with van der Waals surface area (Å²) in [4.78, 5) is 20.3. The molecule has 0 radical (unpaired) electrons. The molecule has 2 fully saturated rings. The Balaban J connectivity index is 1.17. The van der Waals surface area contributed by atoms with E-state index in [0.717, 1.165) is 110 Å². The maximum atomic E-state index is 13.4. The number of furan rings is 1. The van der Waals surface area contributed by atoms with Crippen LogP contribution < -0.4 is 5.32 Å². The Morgan fingerprint density at radius 1 is 1.18 bits per heavy atom. The van der Waals surface area contributed by atoms with Crippen LogP contribution in [0, 0.1) is 6.92 Å². The first-order valence-corrected chi connectivity index (χ1v) is 12.3. The number of aromatic nitrogens is 3. The minimum absolute atomic E-state index is 0.118. The maximum absolute atomic E-state index is 13.4. The molecule has 3 aromatic heterocycles. The molecule has 174 valence electrons. The summed E-state index contributed by atoms with van der Waals surface area (Å²) in [5, 5.41) is 12.1. The number of rotatable bonds is 4. The lowest BCUT2D eigenvalue weighted by Gasteiger charge is -2.23. The maximum Gasteiger partial charge on any atom is 0.257 e. The summed E-state index contributed by atoms with van der Waals surface area (Å²) in [5.74, 6) is 3.01. The van der Waals surface area contributed by atoms with Crippen molar-refractivity contribution >= 4 is 22.8 Å². The molecular weight excluding hydrogens is 418 g/mol. The number of likely N-dealkylation sites (tertiary alicyclic amines) is 1. The van der Waals surface area contributed by atoms with Gasteiger partial charge in [-0.05, 0) is 57.6 Å². The Bertz CT molecular complexity index is 1180. The quantitative estimate of drug-likeness (QED) is 0.626. The Morgan fingerprint density at radius 3 is 2.91 bits per heavy atom.